The minimum absolute atomic E-state index is 0.317. The van der Waals surface area contributed by atoms with E-state index in [1.807, 2.05) is 0 Å². The van der Waals surface area contributed by atoms with Crippen molar-refractivity contribution in [2.75, 3.05) is 26.4 Å². The summed E-state index contributed by atoms with van der Waals surface area (Å²) in [7, 11) is 0. The van der Waals surface area contributed by atoms with Gasteiger partial charge >= 0.3 is 0 Å². The molecule has 0 spiro atoms. The first-order valence-electron chi connectivity index (χ1n) is 5.73. The molecular formula is C11H22O3. The van der Waals surface area contributed by atoms with E-state index in [2.05, 4.69) is 0 Å². The highest BCUT2D eigenvalue weighted by molar-refractivity contribution is 4.61. The van der Waals surface area contributed by atoms with Crippen LogP contribution < -0.4 is 0 Å². The summed E-state index contributed by atoms with van der Waals surface area (Å²) in [5, 5.41) is 8.58. The molecule has 0 aromatic rings. The molecule has 1 aliphatic rings. The second-order valence-corrected chi connectivity index (χ2v) is 3.85. The van der Waals surface area contributed by atoms with Crippen LogP contribution in [0.4, 0.5) is 0 Å². The summed E-state index contributed by atoms with van der Waals surface area (Å²) < 4.78 is 11.0. The van der Waals surface area contributed by atoms with Crippen LogP contribution in [0.25, 0.3) is 0 Å². The molecule has 84 valence electrons. The molecule has 3 nitrogen and oxygen atoms in total. The zero-order valence-corrected chi connectivity index (χ0v) is 8.91. The molecule has 1 saturated heterocycles. The van der Waals surface area contributed by atoms with Crippen LogP contribution in [0.3, 0.4) is 0 Å². The number of ether oxygens (including phenoxy) is 2. The normalized spacial score (nSPS) is 22.5. The summed E-state index contributed by atoms with van der Waals surface area (Å²) in [6, 6.07) is 0. The quantitative estimate of drug-likeness (QED) is 0.639. The first-order valence-corrected chi connectivity index (χ1v) is 5.73. The van der Waals surface area contributed by atoms with Gasteiger partial charge in [0.2, 0.25) is 0 Å². The Kier molecular flexibility index (Phi) is 7.01. The number of rotatable bonds is 7. The van der Waals surface area contributed by atoms with E-state index < -0.39 is 0 Å². The third-order valence-corrected chi connectivity index (χ3v) is 2.52. The second-order valence-electron chi connectivity index (χ2n) is 3.85. The molecule has 0 radical (unpaired) electrons. The third kappa shape index (κ3) is 5.58. The van der Waals surface area contributed by atoms with Crippen molar-refractivity contribution in [3.05, 3.63) is 0 Å². The number of aliphatic hydroxyl groups excluding tert-OH is 1. The minimum Gasteiger partial charge on any atom is -0.396 e. The zero-order chi connectivity index (χ0) is 10.1. The van der Waals surface area contributed by atoms with E-state index in [1.165, 1.54) is 0 Å². The Labute approximate surface area is 86.4 Å². The van der Waals surface area contributed by atoms with Crippen LogP contribution in [-0.4, -0.2) is 37.6 Å². The molecule has 1 heterocycles. The maximum Gasteiger partial charge on any atom is 0.0809 e. The molecule has 3 heteroatoms. The summed E-state index contributed by atoms with van der Waals surface area (Å²) in [5.74, 6) is 0. The lowest BCUT2D eigenvalue weighted by molar-refractivity contribution is -0.0507. The van der Waals surface area contributed by atoms with Crippen molar-refractivity contribution in [1.82, 2.24) is 0 Å². The smallest absolute Gasteiger partial charge is 0.0809 e. The summed E-state index contributed by atoms with van der Waals surface area (Å²) in [6.07, 6.45) is 6.92. The Balaban J connectivity index is 1.82. The van der Waals surface area contributed by atoms with E-state index in [0.29, 0.717) is 12.7 Å². The average Bonchev–Trinajstić information content (AvgIpc) is 2.25. The molecule has 1 unspecified atom stereocenters. The summed E-state index contributed by atoms with van der Waals surface area (Å²) >= 11 is 0. The predicted molar refractivity (Wildman–Crippen MR) is 55.3 cm³/mol. The van der Waals surface area contributed by atoms with Crippen LogP contribution in [0.5, 0.6) is 0 Å². The fourth-order valence-electron chi connectivity index (χ4n) is 1.66. The number of aliphatic hydroxyl groups is 1. The fourth-order valence-corrected chi connectivity index (χ4v) is 1.66. The van der Waals surface area contributed by atoms with E-state index in [4.69, 9.17) is 14.6 Å². The minimum atomic E-state index is 0.317. The van der Waals surface area contributed by atoms with Crippen molar-refractivity contribution in [1.29, 1.82) is 0 Å². The Hall–Kier alpha value is -0.120. The fraction of sp³-hybridized carbons (Fsp3) is 1.00. The van der Waals surface area contributed by atoms with Crippen molar-refractivity contribution < 1.29 is 14.6 Å². The molecule has 14 heavy (non-hydrogen) atoms. The van der Waals surface area contributed by atoms with Crippen LogP contribution in [0.15, 0.2) is 0 Å². The predicted octanol–water partition coefficient (Wildman–Crippen LogP) is 1.73. The molecule has 0 saturated carbocycles. The van der Waals surface area contributed by atoms with Crippen LogP contribution in [0.2, 0.25) is 0 Å². The zero-order valence-electron chi connectivity index (χ0n) is 8.91. The lowest BCUT2D eigenvalue weighted by atomic mass is 10.1. The highest BCUT2D eigenvalue weighted by atomic mass is 16.5. The van der Waals surface area contributed by atoms with Crippen molar-refractivity contribution in [3.8, 4) is 0 Å². The van der Waals surface area contributed by atoms with Gasteiger partial charge in [0, 0.05) is 19.8 Å². The third-order valence-electron chi connectivity index (χ3n) is 2.52. The topological polar surface area (TPSA) is 38.7 Å². The highest BCUT2D eigenvalue weighted by Gasteiger charge is 2.13. The molecule has 0 amide bonds. The molecule has 0 aromatic carbocycles. The first kappa shape index (κ1) is 12.0. The molecule has 0 aromatic heterocycles. The van der Waals surface area contributed by atoms with E-state index in [9.17, 15) is 0 Å². The van der Waals surface area contributed by atoms with Crippen molar-refractivity contribution in [2.45, 2.75) is 44.6 Å². The van der Waals surface area contributed by atoms with Gasteiger partial charge in [0.05, 0.1) is 12.7 Å². The Morgan fingerprint density at radius 1 is 1.21 bits per heavy atom. The summed E-state index contributed by atoms with van der Waals surface area (Å²) in [4.78, 5) is 0. The van der Waals surface area contributed by atoms with Crippen LogP contribution in [-0.2, 0) is 9.47 Å². The van der Waals surface area contributed by atoms with E-state index >= 15 is 0 Å². The lowest BCUT2D eigenvalue weighted by Gasteiger charge is -2.22. The van der Waals surface area contributed by atoms with Gasteiger partial charge in [-0.3, -0.25) is 0 Å². The van der Waals surface area contributed by atoms with Gasteiger partial charge in [0.1, 0.15) is 0 Å². The first-order chi connectivity index (χ1) is 6.93. The van der Waals surface area contributed by atoms with Crippen LogP contribution >= 0.6 is 0 Å². The highest BCUT2D eigenvalue weighted by Crippen LogP contribution is 2.10. The van der Waals surface area contributed by atoms with E-state index in [-0.39, 0.29) is 0 Å². The number of hydrogen-bond donors (Lipinski definition) is 1. The van der Waals surface area contributed by atoms with Gasteiger partial charge < -0.3 is 14.6 Å². The van der Waals surface area contributed by atoms with E-state index in [0.717, 1.165) is 58.3 Å². The Morgan fingerprint density at radius 2 is 2.07 bits per heavy atom. The largest absolute Gasteiger partial charge is 0.396 e. The van der Waals surface area contributed by atoms with Crippen LogP contribution in [0, 0.1) is 0 Å². The standard InChI is InChI=1S/C11H22O3/c12-7-3-1-2-4-9-14-11-6-5-8-13-10-11/h11-12H,1-10H2. The molecule has 0 aliphatic carbocycles. The molecule has 1 atom stereocenters. The molecule has 1 aliphatic heterocycles. The maximum atomic E-state index is 8.58. The van der Waals surface area contributed by atoms with Gasteiger partial charge in [-0.15, -0.1) is 0 Å². The monoisotopic (exact) mass is 202 g/mol. The second kappa shape index (κ2) is 8.21. The summed E-state index contributed by atoms with van der Waals surface area (Å²) in [6.45, 7) is 2.84. The average molecular weight is 202 g/mol. The number of hydrogen-bond acceptors (Lipinski definition) is 3. The lowest BCUT2D eigenvalue weighted by Crippen LogP contribution is -2.25. The van der Waals surface area contributed by atoms with Gasteiger partial charge in [-0.1, -0.05) is 12.8 Å². The molecule has 1 N–H and O–H groups in total. The molecule has 0 bridgehead atoms. The SMILES string of the molecule is OCCCCCCOC1CCCOC1. The van der Waals surface area contributed by atoms with E-state index in [1.54, 1.807) is 0 Å². The van der Waals surface area contributed by atoms with Gasteiger partial charge in [-0.25, -0.2) is 0 Å². The van der Waals surface area contributed by atoms with Crippen molar-refractivity contribution >= 4 is 0 Å². The van der Waals surface area contributed by atoms with Gasteiger partial charge in [-0.05, 0) is 25.7 Å². The van der Waals surface area contributed by atoms with Gasteiger partial charge in [0.25, 0.3) is 0 Å². The molecule has 1 rings (SSSR count). The van der Waals surface area contributed by atoms with Crippen LogP contribution in [0.1, 0.15) is 38.5 Å². The Morgan fingerprint density at radius 3 is 2.79 bits per heavy atom. The van der Waals surface area contributed by atoms with Crippen molar-refractivity contribution in [2.24, 2.45) is 0 Å². The van der Waals surface area contributed by atoms with Crippen molar-refractivity contribution in [3.63, 3.8) is 0 Å². The van der Waals surface area contributed by atoms with Gasteiger partial charge in [0.15, 0.2) is 0 Å². The maximum absolute atomic E-state index is 8.58. The molecule has 1 fully saturated rings. The summed E-state index contributed by atoms with van der Waals surface area (Å²) in [5.41, 5.74) is 0. The molecular weight excluding hydrogens is 180 g/mol. The number of unbranched alkanes of at least 4 members (excludes halogenated alkanes) is 3. The van der Waals surface area contributed by atoms with Gasteiger partial charge in [-0.2, -0.15) is 0 Å². The Bertz CT molecular complexity index is 122.